The normalized spacial score (nSPS) is 12.2. The molecule has 2 aromatic carbocycles. The molecular weight excluding hydrogens is 340 g/mol. The van der Waals surface area contributed by atoms with Crippen LogP contribution < -0.4 is 5.32 Å². The maximum absolute atomic E-state index is 12.2. The van der Waals surface area contributed by atoms with Gasteiger partial charge in [-0.05, 0) is 49.2 Å². The van der Waals surface area contributed by atoms with E-state index in [1.54, 1.807) is 0 Å². The van der Waals surface area contributed by atoms with E-state index in [1.807, 2.05) is 49.5 Å². The number of aromatic nitrogens is 1. The monoisotopic (exact) mass is 358 g/mol. The van der Waals surface area contributed by atoms with Gasteiger partial charge in [-0.2, -0.15) is 0 Å². The molecule has 0 radical (unpaired) electrons. The largest absolute Gasteiger partial charge is 0.361 e. The Labute approximate surface area is 150 Å². The number of benzene rings is 2. The molecule has 1 unspecified atom stereocenters. The zero-order valence-corrected chi connectivity index (χ0v) is 15.0. The lowest BCUT2D eigenvalue weighted by Crippen LogP contribution is -2.32. The maximum atomic E-state index is 12.2. The lowest BCUT2D eigenvalue weighted by Gasteiger charge is -2.12. The minimum Gasteiger partial charge on any atom is -0.361 e. The smallest absolute Gasteiger partial charge is 0.233 e. The molecule has 0 fully saturated rings. The molecule has 0 saturated carbocycles. The molecule has 0 aliphatic carbocycles. The molecule has 0 saturated heterocycles. The van der Waals surface area contributed by atoms with Crippen molar-refractivity contribution in [3.05, 3.63) is 65.3 Å². The molecule has 124 valence electrons. The van der Waals surface area contributed by atoms with E-state index in [4.69, 9.17) is 11.6 Å². The molecule has 24 heavy (non-hydrogen) atoms. The highest BCUT2D eigenvalue weighted by molar-refractivity contribution is 8.00. The second-order valence-electron chi connectivity index (χ2n) is 5.61. The van der Waals surface area contributed by atoms with Crippen molar-refractivity contribution in [2.75, 3.05) is 6.54 Å². The standard InChI is InChI=1S/C19H19ClN2OS/c1-13(24-16-8-6-15(20)7-9-16)19(23)21-11-10-14-12-22-18-5-3-2-4-17(14)18/h2-9,12-13,22H,10-11H2,1H3,(H,21,23). The first-order valence-electron chi connectivity index (χ1n) is 7.88. The SMILES string of the molecule is CC(Sc1ccc(Cl)cc1)C(=O)NCCc1c[nH]c2ccccc12. The second-order valence-corrected chi connectivity index (χ2v) is 7.47. The Morgan fingerprint density at radius 2 is 1.96 bits per heavy atom. The lowest BCUT2D eigenvalue weighted by molar-refractivity contribution is -0.120. The molecule has 1 aromatic heterocycles. The first-order chi connectivity index (χ1) is 11.6. The molecule has 3 nitrogen and oxygen atoms in total. The summed E-state index contributed by atoms with van der Waals surface area (Å²) < 4.78 is 0. The van der Waals surface area contributed by atoms with Gasteiger partial charge in [-0.15, -0.1) is 11.8 Å². The van der Waals surface area contributed by atoms with E-state index in [0.29, 0.717) is 11.6 Å². The average Bonchev–Trinajstić information content (AvgIpc) is 3.00. The van der Waals surface area contributed by atoms with Crippen LogP contribution >= 0.6 is 23.4 Å². The molecule has 3 rings (SSSR count). The van der Waals surface area contributed by atoms with Gasteiger partial charge in [-0.1, -0.05) is 29.8 Å². The first kappa shape index (κ1) is 16.9. The summed E-state index contributed by atoms with van der Waals surface area (Å²) in [6, 6.07) is 15.7. The number of halogens is 1. The number of thioether (sulfide) groups is 1. The van der Waals surface area contributed by atoms with Crippen LogP contribution in [0.25, 0.3) is 10.9 Å². The predicted octanol–water partition coefficient (Wildman–Crippen LogP) is 4.66. The summed E-state index contributed by atoms with van der Waals surface area (Å²) >= 11 is 7.41. The molecule has 3 aromatic rings. The van der Waals surface area contributed by atoms with Crippen LogP contribution in [0.4, 0.5) is 0 Å². The van der Waals surface area contributed by atoms with Crippen LogP contribution in [0.1, 0.15) is 12.5 Å². The molecule has 0 aliphatic heterocycles. The summed E-state index contributed by atoms with van der Waals surface area (Å²) in [5.74, 6) is 0.0507. The molecule has 0 bridgehead atoms. The third-order valence-electron chi connectivity index (χ3n) is 3.86. The molecular formula is C19H19ClN2OS. The maximum Gasteiger partial charge on any atom is 0.233 e. The quantitative estimate of drug-likeness (QED) is 0.629. The van der Waals surface area contributed by atoms with E-state index in [9.17, 15) is 4.79 Å². The first-order valence-corrected chi connectivity index (χ1v) is 9.14. The average molecular weight is 359 g/mol. The molecule has 0 aliphatic rings. The predicted molar refractivity (Wildman–Crippen MR) is 102 cm³/mol. The fourth-order valence-corrected chi connectivity index (χ4v) is 3.59. The van der Waals surface area contributed by atoms with E-state index < -0.39 is 0 Å². The van der Waals surface area contributed by atoms with Crippen molar-refractivity contribution in [3.8, 4) is 0 Å². The van der Waals surface area contributed by atoms with Crippen molar-refractivity contribution >= 4 is 40.2 Å². The van der Waals surface area contributed by atoms with Crippen LogP contribution in [0.2, 0.25) is 5.02 Å². The molecule has 1 heterocycles. The van der Waals surface area contributed by atoms with Crippen LogP contribution in [-0.4, -0.2) is 22.7 Å². The van der Waals surface area contributed by atoms with Gasteiger partial charge in [-0.3, -0.25) is 4.79 Å². The Morgan fingerprint density at radius 1 is 1.21 bits per heavy atom. The second kappa shape index (κ2) is 7.77. The van der Waals surface area contributed by atoms with Gasteiger partial charge in [0.05, 0.1) is 5.25 Å². The van der Waals surface area contributed by atoms with Gasteiger partial charge >= 0.3 is 0 Å². The number of aromatic amines is 1. The number of H-pyrrole nitrogens is 1. The summed E-state index contributed by atoms with van der Waals surface area (Å²) in [4.78, 5) is 16.5. The van der Waals surface area contributed by atoms with Crippen LogP contribution in [0.5, 0.6) is 0 Å². The Balaban J connectivity index is 1.50. The van der Waals surface area contributed by atoms with E-state index in [-0.39, 0.29) is 11.2 Å². The van der Waals surface area contributed by atoms with Gasteiger partial charge in [0.1, 0.15) is 0 Å². The highest BCUT2D eigenvalue weighted by Gasteiger charge is 2.14. The third-order valence-corrected chi connectivity index (χ3v) is 5.23. The number of nitrogens with one attached hydrogen (secondary N) is 2. The topological polar surface area (TPSA) is 44.9 Å². The molecule has 0 spiro atoms. The Kier molecular flexibility index (Phi) is 5.48. The number of carbonyl (C=O) groups excluding carboxylic acids is 1. The zero-order valence-electron chi connectivity index (χ0n) is 13.4. The van der Waals surface area contributed by atoms with E-state index in [2.05, 4.69) is 22.4 Å². The molecule has 1 amide bonds. The Bertz CT molecular complexity index is 829. The number of hydrogen-bond acceptors (Lipinski definition) is 2. The number of para-hydroxylation sites is 1. The Hall–Kier alpha value is -1.91. The van der Waals surface area contributed by atoms with Crippen molar-refractivity contribution in [2.24, 2.45) is 0 Å². The minimum atomic E-state index is -0.144. The van der Waals surface area contributed by atoms with Crippen molar-refractivity contribution < 1.29 is 4.79 Å². The molecule has 1 atom stereocenters. The fourth-order valence-electron chi connectivity index (χ4n) is 2.57. The van der Waals surface area contributed by atoms with Crippen LogP contribution in [0.3, 0.4) is 0 Å². The number of amides is 1. The number of carbonyl (C=O) groups is 1. The number of hydrogen-bond donors (Lipinski definition) is 2. The molecule has 2 N–H and O–H groups in total. The van der Waals surface area contributed by atoms with Gasteiger partial charge < -0.3 is 10.3 Å². The molecule has 5 heteroatoms. The van der Waals surface area contributed by atoms with E-state index in [0.717, 1.165) is 16.8 Å². The van der Waals surface area contributed by atoms with Crippen LogP contribution in [-0.2, 0) is 11.2 Å². The zero-order chi connectivity index (χ0) is 16.9. The highest BCUT2D eigenvalue weighted by Crippen LogP contribution is 2.24. The Morgan fingerprint density at radius 3 is 2.75 bits per heavy atom. The van der Waals surface area contributed by atoms with E-state index >= 15 is 0 Å². The van der Waals surface area contributed by atoms with E-state index in [1.165, 1.54) is 22.7 Å². The summed E-state index contributed by atoms with van der Waals surface area (Å²) in [7, 11) is 0. The third kappa shape index (κ3) is 4.13. The lowest BCUT2D eigenvalue weighted by atomic mass is 10.1. The summed E-state index contributed by atoms with van der Waals surface area (Å²) in [5, 5.41) is 4.79. The fraction of sp³-hybridized carbons (Fsp3) is 0.211. The minimum absolute atomic E-state index is 0.0507. The summed E-state index contributed by atoms with van der Waals surface area (Å²) in [6.07, 6.45) is 2.83. The van der Waals surface area contributed by atoms with Gasteiger partial charge in [0.25, 0.3) is 0 Å². The van der Waals surface area contributed by atoms with Crippen LogP contribution in [0, 0.1) is 0 Å². The van der Waals surface area contributed by atoms with Gasteiger partial charge in [0, 0.05) is 33.6 Å². The summed E-state index contributed by atoms with van der Waals surface area (Å²) in [5.41, 5.74) is 2.36. The van der Waals surface area contributed by atoms with Crippen molar-refractivity contribution in [2.45, 2.75) is 23.5 Å². The van der Waals surface area contributed by atoms with Crippen molar-refractivity contribution in [1.29, 1.82) is 0 Å². The van der Waals surface area contributed by atoms with Crippen molar-refractivity contribution in [3.63, 3.8) is 0 Å². The van der Waals surface area contributed by atoms with Gasteiger partial charge in [0.2, 0.25) is 5.91 Å². The van der Waals surface area contributed by atoms with Crippen LogP contribution in [0.15, 0.2) is 59.6 Å². The van der Waals surface area contributed by atoms with Gasteiger partial charge in [0.15, 0.2) is 0 Å². The number of fused-ring (bicyclic) bond motifs is 1. The van der Waals surface area contributed by atoms with Crippen molar-refractivity contribution in [1.82, 2.24) is 10.3 Å². The highest BCUT2D eigenvalue weighted by atomic mass is 35.5. The van der Waals surface area contributed by atoms with Gasteiger partial charge in [-0.25, -0.2) is 0 Å². The number of rotatable bonds is 6. The summed E-state index contributed by atoms with van der Waals surface area (Å²) in [6.45, 7) is 2.55.